The van der Waals surface area contributed by atoms with Gasteiger partial charge in [0.15, 0.2) is 17.4 Å². The zero-order valence-electron chi connectivity index (χ0n) is 18.9. The van der Waals surface area contributed by atoms with Crippen molar-refractivity contribution in [3.63, 3.8) is 0 Å². The van der Waals surface area contributed by atoms with Crippen LogP contribution < -0.4 is 0 Å². The number of carbonyl (C=O) groups is 1. The number of aliphatic hydroxyl groups is 1. The molecule has 1 aliphatic rings. The van der Waals surface area contributed by atoms with Crippen molar-refractivity contribution >= 4 is 12.0 Å². The largest absolute Gasteiger partial charge is 0.483 e. The predicted octanol–water partition coefficient (Wildman–Crippen LogP) is 4.31. The lowest BCUT2D eigenvalue weighted by atomic mass is 9.98. The number of benzene rings is 2. The quantitative estimate of drug-likeness (QED) is 0.564. The zero-order chi connectivity index (χ0) is 24.6. The average molecular weight is 471 g/mol. The molecular weight excluding hydrogens is 447 g/mol. The second-order valence-corrected chi connectivity index (χ2v) is 8.39. The summed E-state index contributed by atoms with van der Waals surface area (Å²) in [4.78, 5) is 18.7. The Morgan fingerprint density at radius 2 is 1.91 bits per heavy atom. The molecule has 2 heterocycles. The van der Waals surface area contributed by atoms with Crippen LogP contribution in [0.2, 0.25) is 0 Å². The topological polar surface area (TPSA) is 67.6 Å². The molecule has 178 valence electrons. The molecule has 9 heteroatoms. The Bertz CT molecular complexity index is 1260. The molecule has 3 atom stereocenters. The number of nitrogens with zero attached hydrogens (tertiary/aromatic N) is 3. The Morgan fingerprint density at radius 3 is 2.53 bits per heavy atom. The Balaban J connectivity index is 1.66. The molecule has 0 saturated carbocycles. The van der Waals surface area contributed by atoms with E-state index in [1.54, 1.807) is 36.7 Å². The molecule has 1 aromatic heterocycles. The number of rotatable bonds is 5. The minimum absolute atomic E-state index is 0.0439. The molecule has 0 aliphatic carbocycles. The van der Waals surface area contributed by atoms with Crippen molar-refractivity contribution in [3.05, 3.63) is 89.0 Å². The lowest BCUT2D eigenvalue weighted by molar-refractivity contribution is -0.145. The minimum Gasteiger partial charge on any atom is -0.483 e. The highest BCUT2D eigenvalue weighted by atomic mass is 19.2. The molecule has 34 heavy (non-hydrogen) atoms. The zero-order valence-corrected chi connectivity index (χ0v) is 18.9. The number of carbonyl (C=O) groups excluding carboxylic acids is 1. The number of morpholine rings is 1. The highest BCUT2D eigenvalue weighted by Crippen LogP contribution is 2.31. The van der Waals surface area contributed by atoms with Crippen molar-refractivity contribution in [2.45, 2.75) is 39.0 Å². The number of hydrogen-bond donors (Lipinski definition) is 1. The summed E-state index contributed by atoms with van der Waals surface area (Å²) in [7, 11) is 0. The van der Waals surface area contributed by atoms with Crippen LogP contribution in [0.3, 0.4) is 0 Å². The first-order valence-electron chi connectivity index (χ1n) is 10.8. The van der Waals surface area contributed by atoms with Gasteiger partial charge in [0.2, 0.25) is 0 Å². The van der Waals surface area contributed by atoms with E-state index in [4.69, 9.17) is 4.74 Å². The molecule has 1 saturated heterocycles. The van der Waals surface area contributed by atoms with Gasteiger partial charge in [0.1, 0.15) is 11.9 Å². The summed E-state index contributed by atoms with van der Waals surface area (Å²) < 4.78 is 49.3. The number of aromatic nitrogens is 2. The van der Waals surface area contributed by atoms with Gasteiger partial charge in [0.25, 0.3) is 5.91 Å². The number of hydrogen-bond acceptors (Lipinski definition) is 4. The van der Waals surface area contributed by atoms with E-state index in [0.29, 0.717) is 11.3 Å². The Labute approximate surface area is 194 Å². The van der Waals surface area contributed by atoms with Crippen molar-refractivity contribution in [1.82, 2.24) is 14.5 Å². The lowest BCUT2D eigenvalue weighted by Crippen LogP contribution is -2.48. The van der Waals surface area contributed by atoms with E-state index in [-0.39, 0.29) is 17.9 Å². The van der Waals surface area contributed by atoms with Gasteiger partial charge in [0, 0.05) is 6.20 Å². The first-order chi connectivity index (χ1) is 16.1. The second-order valence-electron chi connectivity index (χ2n) is 8.39. The molecule has 0 spiro atoms. The van der Waals surface area contributed by atoms with E-state index < -0.39 is 41.6 Å². The highest BCUT2D eigenvalue weighted by molar-refractivity contribution is 5.96. The predicted molar refractivity (Wildman–Crippen MR) is 119 cm³/mol. The molecule has 3 aromatic rings. The molecule has 0 radical (unpaired) electrons. The molecule has 2 aromatic carbocycles. The first kappa shape index (κ1) is 23.6. The molecule has 1 unspecified atom stereocenters. The molecule has 6 nitrogen and oxygen atoms in total. The standard InChI is InChI=1S/C25H24F3N3O3/c1-14-11-30(13-29-14)22-7-4-17(8-21(22)28)9-23-25(33)31(12-15(2)34-23)24(16(3)32)18-5-6-19(26)20(27)10-18/h4-11,13,15-16,24,32H,12H2,1-3H3/t15?,16-,24+/m1/s1. The summed E-state index contributed by atoms with van der Waals surface area (Å²) in [6.45, 7) is 5.13. The average Bonchev–Trinajstić information content (AvgIpc) is 3.19. The summed E-state index contributed by atoms with van der Waals surface area (Å²) >= 11 is 0. The summed E-state index contributed by atoms with van der Waals surface area (Å²) in [6.07, 6.45) is 3.09. The van der Waals surface area contributed by atoms with Crippen LogP contribution in [0.1, 0.15) is 36.7 Å². The summed E-state index contributed by atoms with van der Waals surface area (Å²) in [6, 6.07) is 6.81. The lowest BCUT2D eigenvalue weighted by Gasteiger charge is -2.39. The fraction of sp³-hybridized carbons (Fsp3) is 0.280. The van der Waals surface area contributed by atoms with Gasteiger partial charge in [0.05, 0.1) is 36.4 Å². The number of imidazole rings is 1. The summed E-state index contributed by atoms with van der Waals surface area (Å²) in [5.74, 6) is -3.20. The van der Waals surface area contributed by atoms with E-state index in [0.717, 1.165) is 17.8 Å². The smallest absolute Gasteiger partial charge is 0.289 e. The van der Waals surface area contributed by atoms with E-state index in [1.807, 2.05) is 0 Å². The van der Waals surface area contributed by atoms with E-state index >= 15 is 0 Å². The number of halogens is 3. The van der Waals surface area contributed by atoms with Gasteiger partial charge in [-0.1, -0.05) is 12.1 Å². The molecule has 1 aliphatic heterocycles. The SMILES string of the molecule is Cc1cn(-c2ccc(C=C3OC(C)CN([C@H](c4ccc(F)c(F)c4)[C@@H](C)O)C3=O)cc2F)cn1. The van der Waals surface area contributed by atoms with Crippen LogP contribution in [-0.4, -0.2) is 44.2 Å². The molecule has 1 fully saturated rings. The van der Waals surface area contributed by atoms with E-state index in [2.05, 4.69) is 4.98 Å². The number of ether oxygens (including phenoxy) is 1. The van der Waals surface area contributed by atoms with Crippen LogP contribution in [-0.2, 0) is 9.53 Å². The van der Waals surface area contributed by atoms with Crippen LogP contribution in [0.15, 0.2) is 54.7 Å². The highest BCUT2D eigenvalue weighted by Gasteiger charge is 2.37. The Kier molecular flexibility index (Phi) is 6.47. The maximum Gasteiger partial charge on any atom is 0.289 e. The van der Waals surface area contributed by atoms with Crippen molar-refractivity contribution in [3.8, 4) is 5.69 Å². The molecule has 4 rings (SSSR count). The third-order valence-electron chi connectivity index (χ3n) is 5.59. The van der Waals surface area contributed by atoms with Gasteiger partial charge in [-0.25, -0.2) is 18.2 Å². The van der Waals surface area contributed by atoms with Crippen LogP contribution in [0.4, 0.5) is 13.2 Å². The van der Waals surface area contributed by atoms with Gasteiger partial charge in [-0.15, -0.1) is 0 Å². The van der Waals surface area contributed by atoms with Crippen molar-refractivity contribution in [1.29, 1.82) is 0 Å². The third-order valence-corrected chi connectivity index (χ3v) is 5.59. The maximum absolute atomic E-state index is 14.8. The Hall–Kier alpha value is -3.59. The summed E-state index contributed by atoms with van der Waals surface area (Å²) in [5, 5.41) is 10.4. The van der Waals surface area contributed by atoms with Crippen LogP contribution in [0.25, 0.3) is 11.8 Å². The van der Waals surface area contributed by atoms with E-state index in [1.165, 1.54) is 36.4 Å². The van der Waals surface area contributed by atoms with Gasteiger partial charge in [-0.2, -0.15) is 0 Å². The molecule has 0 bridgehead atoms. The van der Waals surface area contributed by atoms with Crippen LogP contribution in [0.5, 0.6) is 0 Å². The maximum atomic E-state index is 14.8. The van der Waals surface area contributed by atoms with E-state index in [9.17, 15) is 23.1 Å². The van der Waals surface area contributed by atoms with Crippen LogP contribution in [0, 0.1) is 24.4 Å². The molecule has 1 N–H and O–H groups in total. The molecular formula is C25H24F3N3O3. The number of aryl methyl sites for hydroxylation is 1. The first-order valence-corrected chi connectivity index (χ1v) is 10.8. The van der Waals surface area contributed by atoms with Crippen molar-refractivity contribution in [2.75, 3.05) is 6.54 Å². The van der Waals surface area contributed by atoms with Crippen LogP contribution >= 0.6 is 0 Å². The number of amides is 1. The Morgan fingerprint density at radius 1 is 1.15 bits per heavy atom. The number of aliphatic hydroxyl groups excluding tert-OH is 1. The fourth-order valence-corrected chi connectivity index (χ4v) is 4.08. The van der Waals surface area contributed by atoms with Crippen molar-refractivity contribution < 1.29 is 27.8 Å². The van der Waals surface area contributed by atoms with Crippen molar-refractivity contribution in [2.24, 2.45) is 0 Å². The monoisotopic (exact) mass is 471 g/mol. The summed E-state index contributed by atoms with van der Waals surface area (Å²) in [5.41, 5.74) is 1.70. The van der Waals surface area contributed by atoms with Gasteiger partial charge in [-0.05, 0) is 62.2 Å². The normalized spacial score (nSPS) is 19.3. The second kappa shape index (κ2) is 9.34. The van der Waals surface area contributed by atoms with Gasteiger partial charge < -0.3 is 19.3 Å². The van der Waals surface area contributed by atoms with Gasteiger partial charge in [-0.3, -0.25) is 4.79 Å². The minimum atomic E-state index is -1.07. The third kappa shape index (κ3) is 4.70. The van der Waals surface area contributed by atoms with Gasteiger partial charge >= 0.3 is 0 Å². The fourth-order valence-electron chi connectivity index (χ4n) is 4.08. The molecule has 1 amide bonds.